The fourth-order valence-electron chi connectivity index (χ4n) is 1.79. The van der Waals surface area contributed by atoms with Gasteiger partial charge in [-0.2, -0.15) is 0 Å². The lowest BCUT2D eigenvalue weighted by Crippen LogP contribution is -2.13. The van der Waals surface area contributed by atoms with E-state index in [1.807, 2.05) is 18.5 Å². The number of benzene rings is 1. The average molecular weight is 263 g/mol. The lowest BCUT2D eigenvalue weighted by Gasteiger charge is -2.13. The maximum absolute atomic E-state index is 13.9. The number of aryl methyl sites for hydroxylation is 1. The molecule has 0 aliphatic rings. The molecular weight excluding hydrogens is 245 g/mol. The van der Waals surface area contributed by atoms with Crippen LogP contribution < -0.4 is 10.1 Å². The maximum Gasteiger partial charge on any atom is 0.131 e. The summed E-state index contributed by atoms with van der Waals surface area (Å²) in [6.45, 7) is 2.28. The summed E-state index contributed by atoms with van der Waals surface area (Å²) >= 11 is 0. The first-order chi connectivity index (χ1) is 9.11. The summed E-state index contributed by atoms with van der Waals surface area (Å²) in [4.78, 5) is 4.00. The van der Waals surface area contributed by atoms with Crippen LogP contribution in [0.1, 0.15) is 24.2 Å². The van der Waals surface area contributed by atoms with E-state index >= 15 is 0 Å². The Kier molecular flexibility index (Phi) is 4.16. The van der Waals surface area contributed by atoms with Crippen molar-refractivity contribution in [2.24, 2.45) is 7.05 Å². The van der Waals surface area contributed by atoms with E-state index in [0.29, 0.717) is 17.9 Å². The van der Waals surface area contributed by atoms with Gasteiger partial charge in [0.15, 0.2) is 0 Å². The van der Waals surface area contributed by atoms with Crippen LogP contribution in [0.2, 0.25) is 0 Å². The molecule has 2 aromatic rings. The largest absolute Gasteiger partial charge is 0.487 e. The lowest BCUT2D eigenvalue weighted by atomic mass is 10.1. The van der Waals surface area contributed by atoms with Gasteiger partial charge < -0.3 is 14.6 Å². The monoisotopic (exact) mass is 263 g/mol. The Balaban J connectivity index is 2.06. The van der Waals surface area contributed by atoms with E-state index in [-0.39, 0.29) is 11.9 Å². The minimum atomic E-state index is -0.260. The predicted octanol–water partition coefficient (Wildman–Crippen LogP) is 2.42. The van der Waals surface area contributed by atoms with Crippen LogP contribution in [0.25, 0.3) is 0 Å². The summed E-state index contributed by atoms with van der Waals surface area (Å²) in [5.74, 6) is 0.259. The molecule has 19 heavy (non-hydrogen) atoms. The molecule has 102 valence electrons. The molecule has 4 nitrogen and oxygen atoms in total. The van der Waals surface area contributed by atoms with E-state index < -0.39 is 0 Å². The minimum Gasteiger partial charge on any atom is -0.487 e. The highest BCUT2D eigenvalue weighted by Gasteiger charge is 2.10. The molecule has 0 amide bonds. The van der Waals surface area contributed by atoms with Crippen LogP contribution in [0.5, 0.6) is 5.75 Å². The number of hydrogen-bond acceptors (Lipinski definition) is 3. The number of rotatable bonds is 5. The average Bonchev–Trinajstić information content (AvgIpc) is 2.81. The molecule has 0 spiro atoms. The molecule has 1 unspecified atom stereocenters. The van der Waals surface area contributed by atoms with E-state index in [9.17, 15) is 4.39 Å². The third-order valence-corrected chi connectivity index (χ3v) is 3.17. The van der Waals surface area contributed by atoms with Crippen LogP contribution >= 0.6 is 0 Å². The number of imidazole rings is 1. The first-order valence-corrected chi connectivity index (χ1v) is 6.16. The molecule has 0 saturated carbocycles. The molecule has 0 fully saturated rings. The molecular formula is C14H18FN3O. The highest BCUT2D eigenvalue weighted by Crippen LogP contribution is 2.22. The standard InChI is InChI=1S/C14H18FN3O/c1-10(16-2)13-5-4-12(6-14(13)15)19-8-11-7-17-9-18(11)3/h4-7,9-10,16H,8H2,1-3H3. The molecule has 2 rings (SSSR count). The molecule has 1 aromatic heterocycles. The summed E-state index contributed by atoms with van der Waals surface area (Å²) in [7, 11) is 3.70. The second-order valence-corrected chi connectivity index (χ2v) is 4.48. The normalized spacial score (nSPS) is 12.4. The van der Waals surface area contributed by atoms with Gasteiger partial charge in [-0.25, -0.2) is 9.37 Å². The summed E-state index contributed by atoms with van der Waals surface area (Å²) in [6.07, 6.45) is 3.44. The molecule has 5 heteroatoms. The summed E-state index contributed by atoms with van der Waals surface area (Å²) in [5, 5.41) is 3.01. The van der Waals surface area contributed by atoms with Crippen molar-refractivity contribution in [3.8, 4) is 5.75 Å². The van der Waals surface area contributed by atoms with Crippen molar-refractivity contribution in [3.05, 3.63) is 47.8 Å². The molecule has 1 aromatic carbocycles. The van der Waals surface area contributed by atoms with Crippen molar-refractivity contribution in [1.29, 1.82) is 0 Å². The van der Waals surface area contributed by atoms with Gasteiger partial charge in [-0.3, -0.25) is 0 Å². The van der Waals surface area contributed by atoms with E-state index in [0.717, 1.165) is 5.69 Å². The first-order valence-electron chi connectivity index (χ1n) is 6.16. The van der Waals surface area contributed by atoms with Crippen molar-refractivity contribution in [1.82, 2.24) is 14.9 Å². The molecule has 1 heterocycles. The zero-order chi connectivity index (χ0) is 13.8. The van der Waals surface area contributed by atoms with Crippen molar-refractivity contribution in [2.75, 3.05) is 7.05 Å². The Labute approximate surface area is 112 Å². The fraction of sp³-hybridized carbons (Fsp3) is 0.357. The second kappa shape index (κ2) is 5.84. The molecule has 0 saturated heterocycles. The summed E-state index contributed by atoms with van der Waals surface area (Å²) in [6, 6.07) is 4.92. The molecule has 1 N–H and O–H groups in total. The zero-order valence-electron chi connectivity index (χ0n) is 11.4. The van der Waals surface area contributed by atoms with E-state index in [1.165, 1.54) is 6.07 Å². The lowest BCUT2D eigenvalue weighted by molar-refractivity contribution is 0.295. The van der Waals surface area contributed by atoms with E-state index in [2.05, 4.69) is 10.3 Å². The Morgan fingerprint density at radius 1 is 1.47 bits per heavy atom. The van der Waals surface area contributed by atoms with Crippen LogP contribution in [0.15, 0.2) is 30.7 Å². The summed E-state index contributed by atoms with van der Waals surface area (Å²) < 4.78 is 21.3. The Bertz CT molecular complexity index is 553. The van der Waals surface area contributed by atoms with Crippen LogP contribution in [-0.4, -0.2) is 16.6 Å². The van der Waals surface area contributed by atoms with Crippen molar-refractivity contribution >= 4 is 0 Å². The third-order valence-electron chi connectivity index (χ3n) is 3.17. The fourth-order valence-corrected chi connectivity index (χ4v) is 1.79. The molecule has 0 aliphatic heterocycles. The van der Waals surface area contributed by atoms with Gasteiger partial charge in [-0.1, -0.05) is 6.07 Å². The predicted molar refractivity (Wildman–Crippen MR) is 71.4 cm³/mol. The number of ether oxygens (including phenoxy) is 1. The molecule has 0 radical (unpaired) electrons. The van der Waals surface area contributed by atoms with Crippen LogP contribution in [0, 0.1) is 5.82 Å². The molecule has 1 atom stereocenters. The smallest absolute Gasteiger partial charge is 0.131 e. The van der Waals surface area contributed by atoms with Gasteiger partial charge in [0, 0.05) is 24.7 Å². The van der Waals surface area contributed by atoms with Gasteiger partial charge in [-0.15, -0.1) is 0 Å². The second-order valence-electron chi connectivity index (χ2n) is 4.48. The number of aromatic nitrogens is 2. The van der Waals surface area contributed by atoms with Crippen molar-refractivity contribution in [3.63, 3.8) is 0 Å². The molecule has 0 bridgehead atoms. The van der Waals surface area contributed by atoms with Gasteiger partial charge in [0.1, 0.15) is 18.2 Å². The van der Waals surface area contributed by atoms with Crippen LogP contribution in [0.3, 0.4) is 0 Å². The van der Waals surface area contributed by atoms with Gasteiger partial charge >= 0.3 is 0 Å². The summed E-state index contributed by atoms with van der Waals surface area (Å²) in [5.41, 5.74) is 1.57. The number of nitrogens with zero attached hydrogens (tertiary/aromatic N) is 2. The van der Waals surface area contributed by atoms with Gasteiger partial charge in [-0.05, 0) is 20.0 Å². The number of hydrogen-bond donors (Lipinski definition) is 1. The highest BCUT2D eigenvalue weighted by atomic mass is 19.1. The SMILES string of the molecule is CNC(C)c1ccc(OCc2cncn2C)cc1F. The van der Waals surface area contributed by atoms with Crippen LogP contribution in [0.4, 0.5) is 4.39 Å². The van der Waals surface area contributed by atoms with Crippen molar-refractivity contribution in [2.45, 2.75) is 19.6 Å². The number of nitrogens with one attached hydrogen (secondary N) is 1. The maximum atomic E-state index is 13.9. The third kappa shape index (κ3) is 3.12. The zero-order valence-corrected chi connectivity index (χ0v) is 11.4. The minimum absolute atomic E-state index is 0.0221. The Morgan fingerprint density at radius 3 is 2.84 bits per heavy atom. The topological polar surface area (TPSA) is 39.1 Å². The van der Waals surface area contributed by atoms with Gasteiger partial charge in [0.2, 0.25) is 0 Å². The Morgan fingerprint density at radius 2 is 2.26 bits per heavy atom. The highest BCUT2D eigenvalue weighted by molar-refractivity contribution is 5.30. The van der Waals surface area contributed by atoms with Gasteiger partial charge in [0.05, 0.1) is 18.2 Å². The van der Waals surface area contributed by atoms with E-state index in [1.54, 1.807) is 31.7 Å². The van der Waals surface area contributed by atoms with Gasteiger partial charge in [0.25, 0.3) is 0 Å². The van der Waals surface area contributed by atoms with Crippen LogP contribution in [-0.2, 0) is 13.7 Å². The van der Waals surface area contributed by atoms with E-state index in [4.69, 9.17) is 4.74 Å². The quantitative estimate of drug-likeness (QED) is 0.900. The Hall–Kier alpha value is -1.88. The van der Waals surface area contributed by atoms with Crippen molar-refractivity contribution < 1.29 is 9.13 Å². The first kappa shape index (κ1) is 13.5. The molecule has 0 aliphatic carbocycles. The number of halogens is 1.